The highest BCUT2D eigenvalue weighted by Crippen LogP contribution is 2.36. The SMILES string of the molecule is c1ccc(-c2nc(-c3ccccc3)nc(-c3cc(-c4cccc(-c5ccncc5)c4)cc(-c4cccc(-c5ccncc5)c4)c3)n2)cc1. The van der Waals surface area contributed by atoms with Crippen molar-refractivity contribution in [3.8, 4) is 78.7 Å². The van der Waals surface area contributed by atoms with Crippen molar-refractivity contribution in [2.75, 3.05) is 0 Å². The Morgan fingerprint density at radius 3 is 0.958 bits per heavy atom. The Morgan fingerprint density at radius 2 is 0.542 bits per heavy atom. The molecule has 0 saturated carbocycles. The van der Waals surface area contributed by atoms with E-state index in [1.54, 1.807) is 0 Å². The average Bonchev–Trinajstić information content (AvgIpc) is 3.19. The van der Waals surface area contributed by atoms with Gasteiger partial charge in [0.25, 0.3) is 0 Å². The molecule has 8 rings (SSSR count). The van der Waals surface area contributed by atoms with Crippen LogP contribution in [0, 0.1) is 0 Å². The number of hydrogen-bond acceptors (Lipinski definition) is 5. The molecule has 8 aromatic rings. The van der Waals surface area contributed by atoms with Crippen molar-refractivity contribution in [2.45, 2.75) is 0 Å². The third kappa shape index (κ3) is 6.13. The average molecular weight is 616 g/mol. The molecular formula is C43H29N5. The molecule has 0 atom stereocenters. The second-order valence-corrected chi connectivity index (χ2v) is 11.5. The zero-order valence-electron chi connectivity index (χ0n) is 26.0. The zero-order valence-corrected chi connectivity index (χ0v) is 26.0. The summed E-state index contributed by atoms with van der Waals surface area (Å²) in [6.45, 7) is 0. The van der Waals surface area contributed by atoms with E-state index in [1.165, 1.54) is 0 Å². The molecule has 3 aromatic heterocycles. The molecule has 48 heavy (non-hydrogen) atoms. The molecule has 0 aliphatic heterocycles. The molecule has 0 spiro atoms. The molecule has 0 aliphatic carbocycles. The Kier molecular flexibility index (Phi) is 7.83. The van der Waals surface area contributed by atoms with E-state index >= 15 is 0 Å². The first kappa shape index (κ1) is 28.9. The van der Waals surface area contributed by atoms with Gasteiger partial charge in [-0.05, 0) is 99.1 Å². The quantitative estimate of drug-likeness (QED) is 0.178. The van der Waals surface area contributed by atoms with Crippen LogP contribution in [0.1, 0.15) is 0 Å². The first-order chi connectivity index (χ1) is 23.8. The standard InChI is InChI=1S/C43H29N5/c1-3-9-32(10-4-1)41-46-42(33-11-5-2-6-12-33)48-43(47-41)40-28-38(36-15-7-13-34(25-36)30-17-21-44-22-18-30)27-39(29-40)37-16-8-14-35(26-37)31-19-23-45-24-20-31/h1-29H. The summed E-state index contributed by atoms with van der Waals surface area (Å²) < 4.78 is 0. The Balaban J connectivity index is 1.33. The third-order valence-electron chi connectivity index (χ3n) is 8.31. The lowest BCUT2D eigenvalue weighted by Crippen LogP contribution is -2.00. The second kappa shape index (κ2) is 13.0. The van der Waals surface area contributed by atoms with Crippen LogP contribution in [0.3, 0.4) is 0 Å². The van der Waals surface area contributed by atoms with E-state index in [4.69, 9.17) is 15.0 Å². The van der Waals surface area contributed by atoms with Gasteiger partial charge in [0.2, 0.25) is 0 Å². The Bertz CT molecular complexity index is 2170. The molecule has 0 amide bonds. The Hall–Kier alpha value is -6.59. The molecule has 226 valence electrons. The molecule has 0 bridgehead atoms. The van der Waals surface area contributed by atoms with Gasteiger partial charge in [-0.15, -0.1) is 0 Å². The highest BCUT2D eigenvalue weighted by atomic mass is 15.0. The van der Waals surface area contributed by atoms with Crippen molar-refractivity contribution in [2.24, 2.45) is 0 Å². The van der Waals surface area contributed by atoms with Crippen molar-refractivity contribution in [1.29, 1.82) is 0 Å². The van der Waals surface area contributed by atoms with Gasteiger partial charge in [0.1, 0.15) is 0 Å². The highest BCUT2D eigenvalue weighted by Gasteiger charge is 2.15. The topological polar surface area (TPSA) is 64.5 Å². The van der Waals surface area contributed by atoms with Crippen LogP contribution in [0.2, 0.25) is 0 Å². The molecule has 0 fully saturated rings. The first-order valence-electron chi connectivity index (χ1n) is 15.8. The summed E-state index contributed by atoms with van der Waals surface area (Å²) in [6, 6.07) is 52.1. The Labute approximate surface area is 279 Å². The normalized spacial score (nSPS) is 10.9. The maximum atomic E-state index is 5.06. The van der Waals surface area contributed by atoms with Crippen LogP contribution < -0.4 is 0 Å². The zero-order chi connectivity index (χ0) is 32.1. The molecule has 0 aliphatic rings. The van der Waals surface area contributed by atoms with Gasteiger partial charge in [-0.25, -0.2) is 15.0 Å². The highest BCUT2D eigenvalue weighted by molar-refractivity contribution is 5.83. The maximum Gasteiger partial charge on any atom is 0.164 e. The lowest BCUT2D eigenvalue weighted by atomic mass is 9.93. The van der Waals surface area contributed by atoms with Gasteiger partial charge in [0, 0.05) is 41.5 Å². The summed E-state index contributed by atoms with van der Waals surface area (Å²) in [6.07, 6.45) is 7.30. The number of pyridine rings is 2. The van der Waals surface area contributed by atoms with E-state index in [1.807, 2.05) is 110 Å². The molecule has 0 unspecified atom stereocenters. The van der Waals surface area contributed by atoms with Gasteiger partial charge >= 0.3 is 0 Å². The number of nitrogens with zero attached hydrogens (tertiary/aromatic N) is 5. The van der Waals surface area contributed by atoms with Gasteiger partial charge < -0.3 is 0 Å². The van der Waals surface area contributed by atoms with Gasteiger partial charge in [-0.3, -0.25) is 9.97 Å². The number of hydrogen-bond donors (Lipinski definition) is 0. The van der Waals surface area contributed by atoms with E-state index in [9.17, 15) is 0 Å². The van der Waals surface area contributed by atoms with Crippen LogP contribution >= 0.6 is 0 Å². The lowest BCUT2D eigenvalue weighted by molar-refractivity contribution is 1.07. The fourth-order valence-electron chi connectivity index (χ4n) is 5.87. The van der Waals surface area contributed by atoms with Crippen molar-refractivity contribution in [1.82, 2.24) is 24.9 Å². The largest absolute Gasteiger partial charge is 0.265 e. The summed E-state index contributed by atoms with van der Waals surface area (Å²) >= 11 is 0. The van der Waals surface area contributed by atoms with Crippen LogP contribution in [0.25, 0.3) is 78.7 Å². The van der Waals surface area contributed by atoms with Gasteiger partial charge in [-0.1, -0.05) is 97.1 Å². The molecule has 5 heteroatoms. The van der Waals surface area contributed by atoms with Gasteiger partial charge in [-0.2, -0.15) is 0 Å². The van der Waals surface area contributed by atoms with E-state index in [2.05, 4.69) is 76.7 Å². The summed E-state index contributed by atoms with van der Waals surface area (Å²) in [5.41, 5.74) is 11.6. The molecule has 0 saturated heterocycles. The van der Waals surface area contributed by atoms with Crippen LogP contribution in [-0.2, 0) is 0 Å². The Morgan fingerprint density at radius 1 is 0.229 bits per heavy atom. The fourth-order valence-corrected chi connectivity index (χ4v) is 5.87. The van der Waals surface area contributed by atoms with E-state index < -0.39 is 0 Å². The summed E-state index contributed by atoms with van der Waals surface area (Å²) in [4.78, 5) is 23.5. The van der Waals surface area contributed by atoms with Crippen LogP contribution in [0.15, 0.2) is 176 Å². The van der Waals surface area contributed by atoms with Gasteiger partial charge in [0.15, 0.2) is 17.5 Å². The molecule has 0 radical (unpaired) electrons. The monoisotopic (exact) mass is 615 g/mol. The van der Waals surface area contributed by atoms with Crippen LogP contribution in [0.5, 0.6) is 0 Å². The molecular weight excluding hydrogens is 587 g/mol. The second-order valence-electron chi connectivity index (χ2n) is 11.5. The maximum absolute atomic E-state index is 5.06. The first-order valence-corrected chi connectivity index (χ1v) is 15.8. The van der Waals surface area contributed by atoms with E-state index in [-0.39, 0.29) is 0 Å². The summed E-state index contributed by atoms with van der Waals surface area (Å²) in [7, 11) is 0. The fraction of sp³-hybridized carbons (Fsp3) is 0. The van der Waals surface area contributed by atoms with Crippen molar-refractivity contribution in [3.63, 3.8) is 0 Å². The molecule has 3 heterocycles. The van der Waals surface area contributed by atoms with E-state index in [0.29, 0.717) is 17.5 Å². The van der Waals surface area contributed by atoms with Crippen LogP contribution in [0.4, 0.5) is 0 Å². The predicted octanol–water partition coefficient (Wildman–Crippen LogP) is 10.3. The minimum atomic E-state index is 0.612. The molecule has 5 aromatic carbocycles. The number of aromatic nitrogens is 5. The van der Waals surface area contributed by atoms with Crippen molar-refractivity contribution >= 4 is 0 Å². The van der Waals surface area contributed by atoms with E-state index in [0.717, 1.165) is 61.2 Å². The van der Waals surface area contributed by atoms with Crippen molar-refractivity contribution in [3.05, 3.63) is 176 Å². The third-order valence-corrected chi connectivity index (χ3v) is 8.31. The molecule has 5 nitrogen and oxygen atoms in total. The van der Waals surface area contributed by atoms with Crippen LogP contribution in [-0.4, -0.2) is 24.9 Å². The van der Waals surface area contributed by atoms with Crippen molar-refractivity contribution < 1.29 is 0 Å². The molecule has 0 N–H and O–H groups in total. The minimum Gasteiger partial charge on any atom is -0.265 e. The predicted molar refractivity (Wildman–Crippen MR) is 193 cm³/mol. The lowest BCUT2D eigenvalue weighted by Gasteiger charge is -2.14. The smallest absolute Gasteiger partial charge is 0.164 e. The van der Waals surface area contributed by atoms with Gasteiger partial charge in [0.05, 0.1) is 0 Å². The summed E-state index contributed by atoms with van der Waals surface area (Å²) in [5.74, 6) is 1.87. The minimum absolute atomic E-state index is 0.612. The summed E-state index contributed by atoms with van der Waals surface area (Å²) in [5, 5.41) is 0. The number of benzene rings is 5. The number of rotatable bonds is 7.